The molecule has 0 spiro atoms. The number of phenols is 1. The molecule has 12 nitrogen and oxygen atoms in total. The molecule has 0 bridgehead atoms. The Labute approximate surface area is 288 Å². The minimum Gasteiger partial charge on any atom is -0.507 e. The lowest BCUT2D eigenvalue weighted by Gasteiger charge is -2.44. The van der Waals surface area contributed by atoms with Crippen LogP contribution in [0.25, 0.3) is 0 Å². The molecule has 4 aliphatic heterocycles. The van der Waals surface area contributed by atoms with Crippen LogP contribution in [0.15, 0.2) is 36.4 Å². The number of aliphatic hydroxyl groups excluding tert-OH is 1. The van der Waals surface area contributed by atoms with Crippen molar-refractivity contribution in [2.45, 2.75) is 89.0 Å². The van der Waals surface area contributed by atoms with Gasteiger partial charge in [-0.1, -0.05) is 30.3 Å². The zero-order valence-electron chi connectivity index (χ0n) is 28.8. The number of piperidine rings is 3. The lowest BCUT2D eigenvalue weighted by molar-refractivity contribution is -0.143. The van der Waals surface area contributed by atoms with Crippen molar-refractivity contribution in [1.29, 1.82) is 0 Å². The first-order valence-electron chi connectivity index (χ1n) is 17.8. The van der Waals surface area contributed by atoms with Gasteiger partial charge >= 0.3 is 12.1 Å². The van der Waals surface area contributed by atoms with E-state index in [1.165, 1.54) is 0 Å². The summed E-state index contributed by atoms with van der Waals surface area (Å²) in [6.07, 6.45) is 3.27. The fourth-order valence-corrected chi connectivity index (χ4v) is 7.97. The van der Waals surface area contributed by atoms with Gasteiger partial charge in [0, 0.05) is 70.0 Å². The third-order valence-electron chi connectivity index (χ3n) is 11.1. The Morgan fingerprint density at radius 2 is 1.53 bits per heavy atom. The molecular formula is C37H51N5O7. The SMILES string of the molecule is Cc1cc(C[C@@H](OC(=O)N2CCC(N3CCc4ccccc4NC3=O)CC2)C(=O)N2CCC(N3CCC(O)(CO)CC3)CC2)cc(C)c1O. The number of hydrogen-bond acceptors (Lipinski definition) is 8. The molecule has 4 N–H and O–H groups in total. The molecular weight excluding hydrogens is 626 g/mol. The number of aromatic hydroxyl groups is 1. The molecule has 3 fully saturated rings. The van der Waals surface area contributed by atoms with Gasteiger partial charge in [-0.15, -0.1) is 0 Å². The van der Waals surface area contributed by atoms with E-state index in [4.69, 9.17) is 4.74 Å². The van der Waals surface area contributed by atoms with E-state index in [9.17, 15) is 29.7 Å². The number of amides is 4. The van der Waals surface area contributed by atoms with Crippen molar-refractivity contribution < 1.29 is 34.4 Å². The highest BCUT2D eigenvalue weighted by molar-refractivity contribution is 5.91. The number of anilines is 1. The van der Waals surface area contributed by atoms with Crippen molar-refractivity contribution in [3.8, 4) is 5.75 Å². The highest BCUT2D eigenvalue weighted by Gasteiger charge is 2.38. The highest BCUT2D eigenvalue weighted by atomic mass is 16.6. The Morgan fingerprint density at radius 3 is 2.18 bits per heavy atom. The quantitative estimate of drug-likeness (QED) is 0.349. The number of likely N-dealkylation sites (tertiary alicyclic amines) is 3. The molecule has 4 amide bonds. The number of hydrogen-bond donors (Lipinski definition) is 4. The van der Waals surface area contributed by atoms with E-state index in [0.29, 0.717) is 82.6 Å². The molecule has 49 heavy (non-hydrogen) atoms. The number of aryl methyl sites for hydroxylation is 2. The maximum atomic E-state index is 14.0. The maximum Gasteiger partial charge on any atom is 0.410 e. The molecule has 6 rings (SSSR count). The van der Waals surface area contributed by atoms with Gasteiger partial charge in [-0.05, 0) is 87.1 Å². The van der Waals surface area contributed by atoms with Crippen molar-refractivity contribution in [3.63, 3.8) is 0 Å². The third-order valence-corrected chi connectivity index (χ3v) is 11.1. The number of nitrogens with zero attached hydrogens (tertiary/aromatic N) is 4. The summed E-state index contributed by atoms with van der Waals surface area (Å²) in [6, 6.07) is 11.7. The van der Waals surface area contributed by atoms with Gasteiger partial charge in [0.2, 0.25) is 0 Å². The number of carbonyl (C=O) groups is 3. The summed E-state index contributed by atoms with van der Waals surface area (Å²) in [5.41, 5.74) is 3.16. The van der Waals surface area contributed by atoms with Crippen LogP contribution in [0.5, 0.6) is 5.75 Å². The number of fused-ring (bicyclic) bond motifs is 1. The second-order valence-corrected chi connectivity index (χ2v) is 14.4. The van der Waals surface area contributed by atoms with Gasteiger partial charge in [0.25, 0.3) is 5.91 Å². The summed E-state index contributed by atoms with van der Waals surface area (Å²) in [5, 5.41) is 33.3. The molecule has 4 aliphatic rings. The number of phenolic OH excluding ortho intramolecular Hbond substituents is 1. The monoisotopic (exact) mass is 677 g/mol. The van der Waals surface area contributed by atoms with Gasteiger partial charge < -0.3 is 45.0 Å². The molecule has 0 unspecified atom stereocenters. The normalized spacial score (nSPS) is 21.5. The van der Waals surface area contributed by atoms with Crippen LogP contribution < -0.4 is 5.32 Å². The molecule has 3 saturated heterocycles. The summed E-state index contributed by atoms with van der Waals surface area (Å²) >= 11 is 0. The van der Waals surface area contributed by atoms with Gasteiger partial charge in [0.15, 0.2) is 6.10 Å². The summed E-state index contributed by atoms with van der Waals surface area (Å²) < 4.78 is 6.04. The Bertz CT molecular complexity index is 1490. The standard InChI is InChI=1S/C37H51N5O7/c1-25-21-27(22-26(2)33(25)44)23-32(34(45)40-14-8-29(9-15-40)39-19-12-37(48,24-43)13-20-39)49-36(47)41-16-10-30(11-17-41)42-18-7-28-5-3-4-6-31(28)38-35(42)46/h3-6,21-22,29-30,32,43-44,48H,7-20,23-24H2,1-2H3,(H,38,46)/t32-/m1/s1. The second kappa shape index (κ2) is 14.9. The van der Waals surface area contributed by atoms with Gasteiger partial charge in [-0.25, -0.2) is 9.59 Å². The summed E-state index contributed by atoms with van der Waals surface area (Å²) in [5.74, 6) is -0.00940. The van der Waals surface area contributed by atoms with Gasteiger partial charge in [-0.3, -0.25) is 4.79 Å². The number of para-hydroxylation sites is 1. The fourth-order valence-electron chi connectivity index (χ4n) is 7.97. The number of nitrogens with one attached hydrogen (secondary N) is 1. The van der Waals surface area contributed by atoms with Crippen molar-refractivity contribution >= 4 is 23.7 Å². The Morgan fingerprint density at radius 1 is 0.918 bits per heavy atom. The number of rotatable bonds is 7. The molecule has 2 aromatic rings. The number of ether oxygens (including phenoxy) is 1. The van der Waals surface area contributed by atoms with Crippen LogP contribution in [0.3, 0.4) is 0 Å². The maximum absolute atomic E-state index is 14.0. The number of carbonyl (C=O) groups excluding carboxylic acids is 3. The van der Waals surface area contributed by atoms with E-state index in [2.05, 4.69) is 10.2 Å². The first kappa shape index (κ1) is 35.0. The van der Waals surface area contributed by atoms with Crippen LogP contribution in [0.4, 0.5) is 15.3 Å². The minimum absolute atomic E-state index is 0.00243. The van der Waals surface area contributed by atoms with Crippen LogP contribution in [0.1, 0.15) is 60.8 Å². The van der Waals surface area contributed by atoms with E-state index in [1.54, 1.807) is 9.80 Å². The van der Waals surface area contributed by atoms with E-state index < -0.39 is 17.8 Å². The number of urea groups is 1. The highest BCUT2D eigenvalue weighted by Crippen LogP contribution is 2.29. The number of aliphatic hydroxyl groups is 2. The smallest absolute Gasteiger partial charge is 0.410 e. The van der Waals surface area contributed by atoms with Crippen LogP contribution in [-0.2, 0) is 22.4 Å². The average molecular weight is 678 g/mol. The van der Waals surface area contributed by atoms with E-state index >= 15 is 0 Å². The average Bonchev–Trinajstić information content (AvgIpc) is 3.28. The van der Waals surface area contributed by atoms with Gasteiger partial charge in [0.05, 0.1) is 12.2 Å². The molecule has 12 heteroatoms. The molecule has 266 valence electrons. The molecule has 0 aromatic heterocycles. The Balaban J connectivity index is 1.07. The Hall–Kier alpha value is -3.87. The second-order valence-electron chi connectivity index (χ2n) is 14.4. The zero-order chi connectivity index (χ0) is 34.7. The molecule has 0 radical (unpaired) electrons. The van der Waals surface area contributed by atoms with E-state index in [1.807, 2.05) is 55.1 Å². The van der Waals surface area contributed by atoms with Crippen LogP contribution in [-0.4, -0.2) is 129 Å². The van der Waals surface area contributed by atoms with E-state index in [-0.39, 0.29) is 42.8 Å². The fraction of sp³-hybridized carbons (Fsp3) is 0.595. The molecule has 2 aromatic carbocycles. The molecule has 0 aliphatic carbocycles. The Kier molecular flexibility index (Phi) is 10.7. The van der Waals surface area contributed by atoms with E-state index in [0.717, 1.165) is 36.1 Å². The minimum atomic E-state index is -1.02. The lowest BCUT2D eigenvalue weighted by Crippen LogP contribution is -2.54. The first-order valence-corrected chi connectivity index (χ1v) is 17.8. The lowest BCUT2D eigenvalue weighted by atomic mass is 9.90. The van der Waals surface area contributed by atoms with Crippen LogP contribution >= 0.6 is 0 Å². The van der Waals surface area contributed by atoms with Crippen molar-refractivity contribution in [1.82, 2.24) is 19.6 Å². The topological polar surface area (TPSA) is 146 Å². The van der Waals surface area contributed by atoms with Crippen molar-refractivity contribution in [2.24, 2.45) is 0 Å². The zero-order valence-corrected chi connectivity index (χ0v) is 28.8. The van der Waals surface area contributed by atoms with Crippen molar-refractivity contribution in [2.75, 3.05) is 57.7 Å². The first-order chi connectivity index (χ1) is 23.5. The molecule has 0 saturated carbocycles. The predicted molar refractivity (Wildman–Crippen MR) is 184 cm³/mol. The summed E-state index contributed by atoms with van der Waals surface area (Å²) in [4.78, 5) is 48.4. The van der Waals surface area contributed by atoms with Crippen LogP contribution in [0.2, 0.25) is 0 Å². The number of benzene rings is 2. The summed E-state index contributed by atoms with van der Waals surface area (Å²) in [7, 11) is 0. The third kappa shape index (κ3) is 7.97. The van der Waals surface area contributed by atoms with Gasteiger partial charge in [0.1, 0.15) is 5.75 Å². The predicted octanol–water partition coefficient (Wildman–Crippen LogP) is 3.42. The summed E-state index contributed by atoms with van der Waals surface area (Å²) in [6.45, 7) is 7.36. The largest absolute Gasteiger partial charge is 0.507 e. The van der Waals surface area contributed by atoms with Gasteiger partial charge in [-0.2, -0.15) is 0 Å². The molecule has 4 heterocycles. The molecule has 1 atom stereocenters. The van der Waals surface area contributed by atoms with Crippen molar-refractivity contribution in [3.05, 3.63) is 58.7 Å². The van der Waals surface area contributed by atoms with Crippen LogP contribution in [0, 0.1) is 13.8 Å².